The van der Waals surface area contributed by atoms with E-state index in [1.54, 1.807) is 17.0 Å². The van der Waals surface area contributed by atoms with E-state index in [9.17, 15) is 18.4 Å². The van der Waals surface area contributed by atoms with E-state index in [4.69, 9.17) is 0 Å². The number of piperazine rings is 1. The lowest BCUT2D eigenvalue weighted by Gasteiger charge is -2.37. The molecular formula is C18H23F2N5O2. The summed E-state index contributed by atoms with van der Waals surface area (Å²) in [6.45, 7) is 1.12. The normalized spacial score (nSPS) is 23.6. The number of nitrogens with zero attached hydrogens (tertiary/aromatic N) is 5. The average molecular weight is 379 g/mol. The largest absolute Gasteiger partial charge is 0.349 e. The molecule has 9 heteroatoms. The first kappa shape index (κ1) is 18.1. The zero-order valence-corrected chi connectivity index (χ0v) is 15.1. The van der Waals surface area contributed by atoms with Gasteiger partial charge in [0, 0.05) is 32.1 Å². The van der Waals surface area contributed by atoms with Crippen molar-refractivity contribution in [3.63, 3.8) is 0 Å². The summed E-state index contributed by atoms with van der Waals surface area (Å²) < 4.78 is 26.6. The Balaban J connectivity index is 1.37. The molecule has 0 spiro atoms. The average Bonchev–Trinajstić information content (AvgIpc) is 3.29. The summed E-state index contributed by atoms with van der Waals surface area (Å²) in [5.74, 6) is -3.22. The molecule has 2 amide bonds. The molecule has 4 rings (SSSR count). The topological polar surface area (TPSA) is 69.6 Å². The quantitative estimate of drug-likeness (QED) is 0.741. The molecule has 3 aliphatic rings. The van der Waals surface area contributed by atoms with Crippen molar-refractivity contribution in [2.45, 2.75) is 50.6 Å². The predicted molar refractivity (Wildman–Crippen MR) is 93.2 cm³/mol. The molecule has 1 aromatic rings. The van der Waals surface area contributed by atoms with Gasteiger partial charge in [-0.15, -0.1) is 5.10 Å². The fraction of sp³-hybridized carbons (Fsp3) is 0.667. The number of halogens is 2. The van der Waals surface area contributed by atoms with Crippen LogP contribution in [0.25, 0.3) is 0 Å². The van der Waals surface area contributed by atoms with Gasteiger partial charge >= 0.3 is 11.8 Å². The van der Waals surface area contributed by atoms with Gasteiger partial charge in [-0.25, -0.2) is 8.78 Å². The van der Waals surface area contributed by atoms with Gasteiger partial charge in [-0.2, -0.15) is 5.10 Å². The van der Waals surface area contributed by atoms with Crippen LogP contribution in [0.15, 0.2) is 12.1 Å². The van der Waals surface area contributed by atoms with Crippen LogP contribution in [0.5, 0.6) is 0 Å². The fourth-order valence-corrected chi connectivity index (χ4v) is 4.14. The van der Waals surface area contributed by atoms with Crippen molar-refractivity contribution in [2.24, 2.45) is 0 Å². The first-order chi connectivity index (χ1) is 12.9. The minimum absolute atomic E-state index is 0.182. The molecule has 0 radical (unpaired) electrons. The predicted octanol–water partition coefficient (Wildman–Crippen LogP) is 1.44. The summed E-state index contributed by atoms with van der Waals surface area (Å²) in [6, 6.07) is 3.52. The Hall–Kier alpha value is -2.32. The van der Waals surface area contributed by atoms with E-state index in [0.29, 0.717) is 24.6 Å². The Morgan fingerprint density at radius 2 is 1.81 bits per heavy atom. The Morgan fingerprint density at radius 3 is 2.44 bits per heavy atom. The third-order valence-corrected chi connectivity index (χ3v) is 5.66. The summed E-state index contributed by atoms with van der Waals surface area (Å²) in [7, 11) is 0. The molecule has 0 N–H and O–H groups in total. The van der Waals surface area contributed by atoms with Gasteiger partial charge in [0.05, 0.1) is 18.8 Å². The van der Waals surface area contributed by atoms with Gasteiger partial charge in [0.2, 0.25) is 0 Å². The molecule has 0 unspecified atom stereocenters. The Labute approximate surface area is 156 Å². The number of rotatable bonds is 4. The lowest BCUT2D eigenvalue weighted by Crippen LogP contribution is -2.56. The van der Waals surface area contributed by atoms with Crippen molar-refractivity contribution < 1.29 is 18.4 Å². The Morgan fingerprint density at radius 1 is 1.04 bits per heavy atom. The van der Waals surface area contributed by atoms with Crippen molar-refractivity contribution in [3.8, 4) is 0 Å². The second kappa shape index (κ2) is 7.01. The Bertz CT molecular complexity index is 721. The van der Waals surface area contributed by atoms with Gasteiger partial charge in [-0.3, -0.25) is 9.59 Å². The highest BCUT2D eigenvalue weighted by Gasteiger charge is 2.39. The van der Waals surface area contributed by atoms with E-state index in [0.717, 1.165) is 25.7 Å². The van der Waals surface area contributed by atoms with Crippen LogP contribution in [-0.4, -0.2) is 70.0 Å². The molecule has 27 heavy (non-hydrogen) atoms. The monoisotopic (exact) mass is 379 g/mol. The number of aromatic nitrogens is 2. The number of hydrogen-bond donors (Lipinski definition) is 0. The standard InChI is InChI=1S/C18H23F2N5O2/c19-18(20)7-8-24(12-18)15-6-5-13(21-22-15)11-23-9-10-25(17(27)16(23)26)14-3-1-2-4-14/h5-6,14H,1-4,7-12H2. The van der Waals surface area contributed by atoms with Crippen LogP contribution < -0.4 is 4.90 Å². The number of alkyl halides is 2. The molecular weight excluding hydrogens is 356 g/mol. The van der Waals surface area contributed by atoms with Crippen molar-refractivity contribution in [2.75, 3.05) is 31.1 Å². The highest BCUT2D eigenvalue weighted by molar-refractivity contribution is 6.35. The van der Waals surface area contributed by atoms with Crippen molar-refractivity contribution in [1.82, 2.24) is 20.0 Å². The van der Waals surface area contributed by atoms with Crippen LogP contribution in [0.3, 0.4) is 0 Å². The highest BCUT2D eigenvalue weighted by atomic mass is 19.3. The van der Waals surface area contributed by atoms with Crippen LogP contribution in [0.2, 0.25) is 0 Å². The first-order valence-corrected chi connectivity index (χ1v) is 9.48. The van der Waals surface area contributed by atoms with Gasteiger partial charge in [-0.05, 0) is 25.0 Å². The van der Waals surface area contributed by atoms with Crippen LogP contribution >= 0.6 is 0 Å². The van der Waals surface area contributed by atoms with Gasteiger partial charge in [0.25, 0.3) is 5.92 Å². The second-order valence-electron chi connectivity index (χ2n) is 7.57. The van der Waals surface area contributed by atoms with Gasteiger partial charge in [-0.1, -0.05) is 12.8 Å². The van der Waals surface area contributed by atoms with Crippen LogP contribution in [-0.2, 0) is 16.1 Å². The summed E-state index contributed by atoms with van der Waals surface area (Å²) in [5, 5.41) is 8.09. The number of amides is 2. The van der Waals surface area contributed by atoms with E-state index in [-0.39, 0.29) is 32.1 Å². The molecule has 3 heterocycles. The van der Waals surface area contributed by atoms with Gasteiger partial charge in [0.1, 0.15) is 0 Å². The molecule has 1 saturated carbocycles. The smallest absolute Gasteiger partial charge is 0.312 e. The number of carbonyl (C=O) groups excluding carboxylic acids is 2. The molecule has 0 bridgehead atoms. The summed E-state index contributed by atoms with van der Waals surface area (Å²) >= 11 is 0. The van der Waals surface area contributed by atoms with Gasteiger partial charge in [0.15, 0.2) is 5.82 Å². The van der Waals surface area contributed by atoms with E-state index in [1.807, 2.05) is 0 Å². The molecule has 1 aliphatic carbocycles. The van der Waals surface area contributed by atoms with Crippen LogP contribution in [0, 0.1) is 0 Å². The molecule has 0 atom stereocenters. The minimum atomic E-state index is -2.69. The number of carbonyl (C=O) groups is 2. The summed E-state index contributed by atoms with van der Waals surface area (Å²) in [5.41, 5.74) is 0.542. The van der Waals surface area contributed by atoms with Crippen LogP contribution in [0.4, 0.5) is 14.6 Å². The maximum absolute atomic E-state index is 13.3. The molecule has 1 aromatic heterocycles. The van der Waals surface area contributed by atoms with Crippen molar-refractivity contribution in [1.29, 1.82) is 0 Å². The van der Waals surface area contributed by atoms with Gasteiger partial charge < -0.3 is 14.7 Å². The second-order valence-corrected chi connectivity index (χ2v) is 7.57. The van der Waals surface area contributed by atoms with E-state index in [2.05, 4.69) is 10.2 Å². The maximum atomic E-state index is 13.3. The zero-order chi connectivity index (χ0) is 19.0. The number of hydrogen-bond acceptors (Lipinski definition) is 5. The fourth-order valence-electron chi connectivity index (χ4n) is 4.14. The molecule has 3 fully saturated rings. The van der Waals surface area contributed by atoms with Crippen molar-refractivity contribution in [3.05, 3.63) is 17.8 Å². The molecule has 2 saturated heterocycles. The van der Waals surface area contributed by atoms with E-state index >= 15 is 0 Å². The molecule has 0 aromatic carbocycles. The molecule has 146 valence electrons. The van der Waals surface area contributed by atoms with E-state index in [1.165, 1.54) is 9.80 Å². The third-order valence-electron chi connectivity index (χ3n) is 5.66. The Kier molecular flexibility index (Phi) is 4.69. The maximum Gasteiger partial charge on any atom is 0.312 e. The zero-order valence-electron chi connectivity index (χ0n) is 15.1. The molecule has 7 nitrogen and oxygen atoms in total. The summed E-state index contributed by atoms with van der Waals surface area (Å²) in [4.78, 5) is 29.6. The minimum Gasteiger partial charge on any atom is -0.349 e. The van der Waals surface area contributed by atoms with Crippen molar-refractivity contribution >= 4 is 17.6 Å². The lowest BCUT2D eigenvalue weighted by atomic mass is 10.1. The molecule has 2 aliphatic heterocycles. The third kappa shape index (κ3) is 3.72. The first-order valence-electron chi connectivity index (χ1n) is 9.48. The summed E-state index contributed by atoms with van der Waals surface area (Å²) in [6.07, 6.45) is 3.98. The lowest BCUT2D eigenvalue weighted by molar-refractivity contribution is -0.158. The number of anilines is 1. The highest BCUT2D eigenvalue weighted by Crippen LogP contribution is 2.29. The van der Waals surface area contributed by atoms with Crippen LogP contribution in [0.1, 0.15) is 37.8 Å². The SMILES string of the molecule is O=C1C(=O)N(C2CCCC2)CCN1Cc1ccc(N2CCC(F)(F)C2)nn1. The van der Waals surface area contributed by atoms with E-state index < -0.39 is 17.7 Å².